The van der Waals surface area contributed by atoms with Crippen LogP contribution >= 0.6 is 11.3 Å². The zero-order chi connectivity index (χ0) is 12.6. The van der Waals surface area contributed by atoms with E-state index in [0.717, 1.165) is 15.9 Å². The largest absolute Gasteiger partial charge is 0.397 e. The molecule has 5 N–H and O–H groups in total. The van der Waals surface area contributed by atoms with E-state index in [-0.39, 0.29) is 5.91 Å². The van der Waals surface area contributed by atoms with Crippen molar-refractivity contribution in [3.05, 3.63) is 10.6 Å². The summed E-state index contributed by atoms with van der Waals surface area (Å²) >= 11 is 1.35. The lowest BCUT2D eigenvalue weighted by Gasteiger charge is -2.01. The molecule has 0 aliphatic rings. The normalized spacial score (nSPS) is 11.0. The lowest BCUT2D eigenvalue weighted by Crippen LogP contribution is -2.28. The molecule has 7 heteroatoms. The molecule has 0 radical (unpaired) electrons. The Balaban J connectivity index is 2.46. The average Bonchev–Trinajstić information content (AvgIpc) is 2.76. The monoisotopic (exact) mass is 253 g/mol. The van der Waals surface area contributed by atoms with Crippen LogP contribution in [0.2, 0.25) is 0 Å². The highest BCUT2D eigenvalue weighted by atomic mass is 32.1. The first-order chi connectivity index (χ1) is 8.06. The number of carbonyl (C=O) groups excluding carboxylic acids is 1. The molecule has 2 aromatic heterocycles. The summed E-state index contributed by atoms with van der Waals surface area (Å²) in [4.78, 5) is 13.3. The smallest absolute Gasteiger partial charge is 0.263 e. The number of nitrogens with two attached hydrogens (primary N) is 2. The molecule has 0 aliphatic carbocycles. The fraction of sp³-hybridized carbons (Fsp3) is 0.400. The Morgan fingerprint density at radius 2 is 2.29 bits per heavy atom. The van der Waals surface area contributed by atoms with Gasteiger partial charge in [0.1, 0.15) is 9.71 Å². The third-order valence-corrected chi connectivity index (χ3v) is 3.79. The van der Waals surface area contributed by atoms with Crippen LogP contribution in [-0.2, 0) is 7.05 Å². The summed E-state index contributed by atoms with van der Waals surface area (Å²) < 4.78 is 1.74. The number of hydrogen-bond acceptors (Lipinski definition) is 5. The van der Waals surface area contributed by atoms with Gasteiger partial charge < -0.3 is 16.8 Å². The van der Waals surface area contributed by atoms with Crippen LogP contribution in [0, 0.1) is 6.92 Å². The summed E-state index contributed by atoms with van der Waals surface area (Å²) in [5, 5.41) is 7.86. The van der Waals surface area contributed by atoms with E-state index >= 15 is 0 Å². The molecule has 0 bridgehead atoms. The molecule has 17 heavy (non-hydrogen) atoms. The fourth-order valence-corrected chi connectivity index (χ4v) is 2.87. The van der Waals surface area contributed by atoms with Crippen LogP contribution in [0.3, 0.4) is 0 Å². The van der Waals surface area contributed by atoms with E-state index in [2.05, 4.69) is 10.4 Å². The van der Waals surface area contributed by atoms with Crippen LogP contribution in [0.15, 0.2) is 0 Å². The molecule has 0 atom stereocenters. The SMILES string of the molecule is Cc1nn(C)c2sc(C(=O)NCCN)c(N)c12. The summed E-state index contributed by atoms with van der Waals surface area (Å²) in [7, 11) is 1.84. The van der Waals surface area contributed by atoms with Crippen LogP contribution < -0.4 is 16.8 Å². The zero-order valence-electron chi connectivity index (χ0n) is 9.78. The van der Waals surface area contributed by atoms with Gasteiger partial charge >= 0.3 is 0 Å². The Morgan fingerprint density at radius 3 is 2.88 bits per heavy atom. The van der Waals surface area contributed by atoms with Crippen LogP contribution in [0.1, 0.15) is 15.4 Å². The van der Waals surface area contributed by atoms with E-state index in [4.69, 9.17) is 11.5 Å². The molecular weight excluding hydrogens is 238 g/mol. The maximum atomic E-state index is 11.8. The average molecular weight is 253 g/mol. The van der Waals surface area contributed by atoms with Crippen molar-refractivity contribution in [1.82, 2.24) is 15.1 Å². The molecule has 0 aliphatic heterocycles. The lowest BCUT2D eigenvalue weighted by molar-refractivity contribution is 0.0959. The third kappa shape index (κ3) is 1.87. The lowest BCUT2D eigenvalue weighted by atomic mass is 10.2. The maximum absolute atomic E-state index is 11.8. The van der Waals surface area contributed by atoms with Crippen molar-refractivity contribution in [1.29, 1.82) is 0 Å². The second-order valence-corrected chi connectivity index (χ2v) is 4.78. The van der Waals surface area contributed by atoms with Crippen LogP contribution in [0.5, 0.6) is 0 Å². The molecule has 92 valence electrons. The number of hydrogen-bond donors (Lipinski definition) is 3. The number of amides is 1. The number of nitrogens with one attached hydrogen (secondary N) is 1. The van der Waals surface area contributed by atoms with Crippen molar-refractivity contribution >= 4 is 33.1 Å². The van der Waals surface area contributed by atoms with Crippen molar-refractivity contribution in [2.24, 2.45) is 12.8 Å². The molecule has 2 aromatic rings. The Hall–Kier alpha value is -1.60. The number of aromatic nitrogens is 2. The minimum absolute atomic E-state index is 0.173. The van der Waals surface area contributed by atoms with E-state index in [9.17, 15) is 4.79 Å². The highest BCUT2D eigenvalue weighted by molar-refractivity contribution is 7.21. The summed E-state index contributed by atoms with van der Waals surface area (Å²) in [6, 6.07) is 0. The minimum Gasteiger partial charge on any atom is -0.397 e. The van der Waals surface area contributed by atoms with Crippen molar-refractivity contribution in [2.75, 3.05) is 18.8 Å². The molecular formula is C10H15N5OS. The van der Waals surface area contributed by atoms with Crippen LogP contribution in [0.4, 0.5) is 5.69 Å². The Labute approximate surface area is 103 Å². The summed E-state index contributed by atoms with van der Waals surface area (Å²) in [6.45, 7) is 2.74. The number of aryl methyl sites for hydroxylation is 2. The number of anilines is 1. The number of fused-ring (bicyclic) bond motifs is 1. The van der Waals surface area contributed by atoms with E-state index in [0.29, 0.717) is 23.7 Å². The Morgan fingerprint density at radius 1 is 1.59 bits per heavy atom. The van der Waals surface area contributed by atoms with Crippen molar-refractivity contribution in [3.8, 4) is 0 Å². The first-order valence-electron chi connectivity index (χ1n) is 5.26. The molecule has 0 aromatic carbocycles. The third-order valence-electron chi connectivity index (χ3n) is 2.52. The van der Waals surface area contributed by atoms with Crippen molar-refractivity contribution in [2.45, 2.75) is 6.92 Å². The molecule has 0 unspecified atom stereocenters. The first-order valence-corrected chi connectivity index (χ1v) is 6.07. The molecule has 2 heterocycles. The zero-order valence-corrected chi connectivity index (χ0v) is 10.6. The van der Waals surface area contributed by atoms with Crippen LogP contribution in [0.25, 0.3) is 10.2 Å². The second-order valence-electron chi connectivity index (χ2n) is 3.78. The molecule has 0 saturated carbocycles. The number of nitrogen functional groups attached to an aromatic ring is 1. The highest BCUT2D eigenvalue weighted by Gasteiger charge is 2.20. The van der Waals surface area contributed by atoms with Gasteiger partial charge in [0.25, 0.3) is 5.91 Å². The molecule has 0 spiro atoms. The molecule has 2 rings (SSSR count). The Kier molecular flexibility index (Phi) is 3.03. The van der Waals surface area contributed by atoms with Gasteiger partial charge in [0, 0.05) is 20.1 Å². The van der Waals surface area contributed by atoms with E-state index in [1.54, 1.807) is 4.68 Å². The van der Waals surface area contributed by atoms with Gasteiger partial charge in [0.05, 0.1) is 16.8 Å². The van der Waals surface area contributed by atoms with Gasteiger partial charge in [0.15, 0.2) is 0 Å². The predicted octanol–water partition coefficient (Wildman–Crippen LogP) is 0.214. The summed E-state index contributed by atoms with van der Waals surface area (Å²) in [5.41, 5.74) is 12.7. The molecule has 6 nitrogen and oxygen atoms in total. The van der Waals surface area contributed by atoms with Crippen molar-refractivity contribution in [3.63, 3.8) is 0 Å². The molecule has 0 fully saturated rings. The number of carbonyl (C=O) groups is 1. The van der Waals surface area contributed by atoms with E-state index in [1.165, 1.54) is 11.3 Å². The Bertz CT molecular complexity index is 571. The standard InChI is InChI=1S/C10H15N5OS/c1-5-6-7(12)8(9(16)13-4-3-11)17-10(6)15(2)14-5/h3-4,11-12H2,1-2H3,(H,13,16). The second kappa shape index (κ2) is 4.34. The topological polar surface area (TPSA) is 99.0 Å². The summed E-state index contributed by atoms with van der Waals surface area (Å²) in [6.07, 6.45) is 0. The number of nitrogens with zero attached hydrogens (tertiary/aromatic N) is 2. The first kappa shape index (κ1) is 11.9. The molecule has 0 saturated heterocycles. The van der Waals surface area contributed by atoms with Crippen molar-refractivity contribution < 1.29 is 4.79 Å². The van der Waals surface area contributed by atoms with Crippen LogP contribution in [-0.4, -0.2) is 28.8 Å². The van der Waals surface area contributed by atoms with Gasteiger partial charge in [-0.15, -0.1) is 11.3 Å². The van der Waals surface area contributed by atoms with Gasteiger partial charge in [0.2, 0.25) is 0 Å². The number of thiophene rings is 1. The van der Waals surface area contributed by atoms with Gasteiger partial charge in [-0.2, -0.15) is 5.10 Å². The molecule has 1 amide bonds. The maximum Gasteiger partial charge on any atom is 0.263 e. The quantitative estimate of drug-likeness (QED) is 0.728. The highest BCUT2D eigenvalue weighted by Crippen LogP contribution is 2.35. The van der Waals surface area contributed by atoms with Gasteiger partial charge in [-0.1, -0.05) is 0 Å². The van der Waals surface area contributed by atoms with Gasteiger partial charge in [-0.25, -0.2) is 0 Å². The predicted molar refractivity (Wildman–Crippen MR) is 69.1 cm³/mol. The van der Waals surface area contributed by atoms with Gasteiger partial charge in [-0.3, -0.25) is 9.48 Å². The number of rotatable bonds is 3. The van der Waals surface area contributed by atoms with E-state index in [1.807, 2.05) is 14.0 Å². The minimum atomic E-state index is -0.173. The summed E-state index contributed by atoms with van der Waals surface area (Å²) in [5.74, 6) is -0.173. The van der Waals surface area contributed by atoms with Gasteiger partial charge in [-0.05, 0) is 6.92 Å². The van der Waals surface area contributed by atoms with E-state index < -0.39 is 0 Å². The fourth-order valence-electron chi connectivity index (χ4n) is 1.76.